The Morgan fingerprint density at radius 1 is 1.34 bits per heavy atom. The molecule has 1 heterocycles. The SMILES string of the molecule is CCOC(=O)C(F)(F)Oc1cc(F)c(N2CC(C)(C)N[C@H]3CCCC[C@@H]32)cc1Cl. The minimum Gasteiger partial charge on any atom is -0.459 e. The second-order valence-corrected chi connectivity index (χ2v) is 8.59. The van der Waals surface area contributed by atoms with Gasteiger partial charge in [0.15, 0.2) is 0 Å². The van der Waals surface area contributed by atoms with Gasteiger partial charge < -0.3 is 19.7 Å². The van der Waals surface area contributed by atoms with Crippen LogP contribution in [-0.4, -0.2) is 42.9 Å². The van der Waals surface area contributed by atoms with Crippen LogP contribution < -0.4 is 15.0 Å². The molecule has 0 amide bonds. The van der Waals surface area contributed by atoms with E-state index in [4.69, 9.17) is 11.6 Å². The third-order valence-electron chi connectivity index (χ3n) is 5.33. The van der Waals surface area contributed by atoms with E-state index >= 15 is 0 Å². The lowest BCUT2D eigenvalue weighted by Gasteiger charge is -2.52. The Bertz CT molecular complexity index is 776. The summed E-state index contributed by atoms with van der Waals surface area (Å²) < 4.78 is 51.4. The van der Waals surface area contributed by atoms with Crippen LogP contribution in [-0.2, 0) is 9.53 Å². The van der Waals surface area contributed by atoms with Crippen LogP contribution in [0.4, 0.5) is 18.9 Å². The molecular formula is C20H26ClF3N2O3. The average molecular weight is 435 g/mol. The number of hydrogen-bond donors (Lipinski definition) is 1. The summed E-state index contributed by atoms with van der Waals surface area (Å²) in [7, 11) is 0. The summed E-state index contributed by atoms with van der Waals surface area (Å²) in [6.07, 6.45) is -0.213. The van der Waals surface area contributed by atoms with Crippen molar-refractivity contribution in [3.63, 3.8) is 0 Å². The molecule has 1 aliphatic heterocycles. The van der Waals surface area contributed by atoms with Gasteiger partial charge in [0.05, 0.1) is 17.3 Å². The number of carbonyl (C=O) groups is 1. The van der Waals surface area contributed by atoms with Gasteiger partial charge in [-0.3, -0.25) is 0 Å². The summed E-state index contributed by atoms with van der Waals surface area (Å²) in [5.41, 5.74) is -0.00272. The number of rotatable bonds is 5. The number of benzene rings is 1. The van der Waals surface area contributed by atoms with Gasteiger partial charge in [0.2, 0.25) is 0 Å². The molecule has 1 aliphatic carbocycles. The number of carbonyl (C=O) groups excluding carboxylic acids is 1. The summed E-state index contributed by atoms with van der Waals surface area (Å²) in [5, 5.41) is 3.42. The lowest BCUT2D eigenvalue weighted by molar-refractivity contribution is -0.216. The first-order valence-corrected chi connectivity index (χ1v) is 10.2. The van der Waals surface area contributed by atoms with Crippen LogP contribution >= 0.6 is 11.6 Å². The van der Waals surface area contributed by atoms with Crippen molar-refractivity contribution in [3.05, 3.63) is 23.0 Å². The first-order chi connectivity index (χ1) is 13.5. The van der Waals surface area contributed by atoms with E-state index in [2.05, 4.69) is 14.8 Å². The molecule has 2 aliphatic rings. The van der Waals surface area contributed by atoms with E-state index in [1.54, 1.807) is 0 Å². The summed E-state index contributed by atoms with van der Waals surface area (Å²) in [5.74, 6) is -3.19. The molecule has 0 aromatic heterocycles. The second kappa shape index (κ2) is 8.22. The van der Waals surface area contributed by atoms with Crippen molar-refractivity contribution in [1.82, 2.24) is 5.32 Å². The topological polar surface area (TPSA) is 50.8 Å². The number of nitrogens with one attached hydrogen (secondary N) is 1. The molecule has 3 rings (SSSR count). The maximum atomic E-state index is 15.0. The van der Waals surface area contributed by atoms with Crippen LogP contribution in [0.2, 0.25) is 5.02 Å². The predicted octanol–water partition coefficient (Wildman–Crippen LogP) is 4.51. The monoisotopic (exact) mass is 434 g/mol. The van der Waals surface area contributed by atoms with E-state index in [9.17, 15) is 18.0 Å². The van der Waals surface area contributed by atoms with Crippen LogP contribution in [0.1, 0.15) is 46.5 Å². The van der Waals surface area contributed by atoms with E-state index in [1.807, 2.05) is 18.7 Å². The fraction of sp³-hybridized carbons (Fsp3) is 0.650. The van der Waals surface area contributed by atoms with Crippen LogP contribution in [0.3, 0.4) is 0 Å². The number of ether oxygens (including phenoxy) is 2. The molecule has 29 heavy (non-hydrogen) atoms. The zero-order valence-electron chi connectivity index (χ0n) is 16.7. The Morgan fingerprint density at radius 3 is 2.72 bits per heavy atom. The Kier molecular flexibility index (Phi) is 6.24. The molecule has 0 radical (unpaired) electrons. The van der Waals surface area contributed by atoms with Gasteiger partial charge in [-0.15, -0.1) is 0 Å². The van der Waals surface area contributed by atoms with Crippen molar-refractivity contribution >= 4 is 23.3 Å². The van der Waals surface area contributed by atoms with Crippen molar-refractivity contribution < 1.29 is 27.4 Å². The second-order valence-electron chi connectivity index (χ2n) is 8.19. The van der Waals surface area contributed by atoms with Gasteiger partial charge in [-0.05, 0) is 39.7 Å². The highest BCUT2D eigenvalue weighted by Gasteiger charge is 2.45. The molecular weight excluding hydrogens is 409 g/mol. The number of anilines is 1. The molecule has 162 valence electrons. The molecule has 0 spiro atoms. The number of nitrogens with zero attached hydrogens (tertiary/aromatic N) is 1. The zero-order valence-corrected chi connectivity index (χ0v) is 17.5. The van der Waals surface area contributed by atoms with Gasteiger partial charge in [0.1, 0.15) is 11.6 Å². The van der Waals surface area contributed by atoms with Gasteiger partial charge in [-0.25, -0.2) is 9.18 Å². The van der Waals surface area contributed by atoms with Crippen LogP contribution in [0.25, 0.3) is 0 Å². The Morgan fingerprint density at radius 2 is 2.03 bits per heavy atom. The molecule has 1 N–H and O–H groups in total. The van der Waals surface area contributed by atoms with E-state index in [0.717, 1.165) is 31.7 Å². The van der Waals surface area contributed by atoms with Crippen molar-refractivity contribution in [2.45, 2.75) is 70.2 Å². The van der Waals surface area contributed by atoms with Gasteiger partial charge >= 0.3 is 12.1 Å². The highest BCUT2D eigenvalue weighted by molar-refractivity contribution is 6.32. The summed E-state index contributed by atoms with van der Waals surface area (Å²) >= 11 is 6.14. The molecule has 1 saturated carbocycles. The lowest BCUT2D eigenvalue weighted by Crippen LogP contribution is -2.67. The predicted molar refractivity (Wildman–Crippen MR) is 104 cm³/mol. The smallest absolute Gasteiger partial charge is 0.459 e. The maximum Gasteiger partial charge on any atom is 0.502 e. The molecule has 1 aromatic carbocycles. The van der Waals surface area contributed by atoms with Crippen molar-refractivity contribution in [1.29, 1.82) is 0 Å². The standard InChI is InChI=1S/C20H26ClF3N2O3/c1-4-28-18(27)20(23,24)29-17-10-13(22)16(9-12(17)21)26-11-19(2,3)25-14-7-5-6-8-15(14)26/h9-10,14-15,25H,4-8,11H2,1-3H3/t14-,15-/m0/s1. The van der Waals surface area contributed by atoms with Crippen molar-refractivity contribution in [3.8, 4) is 5.75 Å². The first kappa shape index (κ1) is 22.0. The number of piperazine rings is 1. The van der Waals surface area contributed by atoms with Gasteiger partial charge in [0.25, 0.3) is 0 Å². The maximum absolute atomic E-state index is 15.0. The van der Waals surface area contributed by atoms with E-state index < -0.39 is 23.6 Å². The number of fused-ring (bicyclic) bond motifs is 1. The third kappa shape index (κ3) is 4.74. The average Bonchev–Trinajstić information content (AvgIpc) is 2.63. The molecule has 2 fully saturated rings. The molecule has 5 nitrogen and oxygen atoms in total. The van der Waals surface area contributed by atoms with E-state index in [1.165, 1.54) is 13.0 Å². The van der Waals surface area contributed by atoms with Crippen molar-refractivity contribution in [2.24, 2.45) is 0 Å². The number of esters is 1. The highest BCUT2D eigenvalue weighted by atomic mass is 35.5. The Balaban J connectivity index is 1.89. The molecule has 0 bridgehead atoms. The highest BCUT2D eigenvalue weighted by Crippen LogP contribution is 2.39. The normalized spacial score (nSPS) is 24.0. The van der Waals surface area contributed by atoms with Crippen molar-refractivity contribution in [2.75, 3.05) is 18.1 Å². The molecule has 2 atom stereocenters. The van der Waals surface area contributed by atoms with Gasteiger partial charge in [-0.2, -0.15) is 8.78 Å². The van der Waals surface area contributed by atoms with Crippen LogP contribution in [0.15, 0.2) is 12.1 Å². The zero-order chi connectivity index (χ0) is 21.4. The summed E-state index contributed by atoms with van der Waals surface area (Å²) in [4.78, 5) is 13.3. The number of hydrogen-bond acceptors (Lipinski definition) is 5. The fourth-order valence-electron chi connectivity index (χ4n) is 4.22. The molecule has 9 heteroatoms. The third-order valence-corrected chi connectivity index (χ3v) is 5.63. The lowest BCUT2D eigenvalue weighted by atomic mass is 9.83. The van der Waals surface area contributed by atoms with Crippen LogP contribution in [0, 0.1) is 5.82 Å². The molecule has 1 aromatic rings. The first-order valence-electron chi connectivity index (χ1n) is 9.81. The number of halogens is 4. The Hall–Kier alpha value is -1.67. The van der Waals surface area contributed by atoms with E-state index in [-0.39, 0.29) is 34.9 Å². The molecule has 1 saturated heterocycles. The summed E-state index contributed by atoms with van der Waals surface area (Å²) in [6, 6.07) is 2.41. The minimum atomic E-state index is -4.26. The quantitative estimate of drug-likeness (QED) is 0.691. The summed E-state index contributed by atoms with van der Waals surface area (Å²) in [6.45, 7) is 5.78. The van der Waals surface area contributed by atoms with Gasteiger partial charge in [0, 0.05) is 30.2 Å². The Labute approximate surface area is 173 Å². The molecule has 0 unspecified atom stereocenters. The fourth-order valence-corrected chi connectivity index (χ4v) is 4.41. The number of alkyl halides is 2. The van der Waals surface area contributed by atoms with Crippen LogP contribution in [0.5, 0.6) is 5.75 Å². The van der Waals surface area contributed by atoms with Gasteiger partial charge in [-0.1, -0.05) is 24.4 Å². The largest absolute Gasteiger partial charge is 0.502 e. The minimum absolute atomic E-state index is 0.0927. The van der Waals surface area contributed by atoms with E-state index in [0.29, 0.717) is 6.54 Å².